The van der Waals surface area contributed by atoms with Gasteiger partial charge in [-0.25, -0.2) is 0 Å². The van der Waals surface area contributed by atoms with E-state index in [1.165, 1.54) is 37.2 Å². The van der Waals surface area contributed by atoms with Gasteiger partial charge in [0.1, 0.15) is 0 Å². The number of hydrogen-bond donors (Lipinski definition) is 0. The van der Waals surface area contributed by atoms with Gasteiger partial charge in [-0.05, 0) is 0 Å². The maximum atomic E-state index is 2.44. The molecule has 6 aromatic carbocycles. The topological polar surface area (TPSA) is 0 Å². The molecule has 0 amide bonds. The summed E-state index contributed by atoms with van der Waals surface area (Å²) >= 11 is 0. The van der Waals surface area contributed by atoms with Gasteiger partial charge in [0.05, 0.1) is 0 Å². The van der Waals surface area contributed by atoms with Gasteiger partial charge in [-0.15, -0.1) is 0 Å². The van der Waals surface area contributed by atoms with Gasteiger partial charge >= 0.3 is 235 Å². The third kappa shape index (κ3) is 3.93. The van der Waals surface area contributed by atoms with E-state index in [1.807, 2.05) is 0 Å². The van der Waals surface area contributed by atoms with Gasteiger partial charge in [0.15, 0.2) is 0 Å². The van der Waals surface area contributed by atoms with Crippen LogP contribution in [0.2, 0.25) is 0 Å². The SMILES string of the molecule is Cc1ccc(P(c2ccccc2)(c2ccccc2)(c2ccccc2)[SiH](c2ccccc2)c2ccccc2)cc1. The monoisotopic (exact) mass is 536 g/mol. The van der Waals surface area contributed by atoms with E-state index >= 15 is 0 Å². The van der Waals surface area contributed by atoms with Crippen molar-refractivity contribution in [3.8, 4) is 0 Å². The van der Waals surface area contributed by atoms with E-state index in [0.29, 0.717) is 0 Å². The number of benzene rings is 6. The van der Waals surface area contributed by atoms with Crippen molar-refractivity contribution >= 4 is 46.2 Å². The molecule has 0 saturated heterocycles. The third-order valence-corrected chi connectivity index (χ3v) is 25.2. The van der Waals surface area contributed by atoms with Crippen LogP contribution < -0.4 is 31.6 Å². The van der Waals surface area contributed by atoms with E-state index in [4.69, 9.17) is 0 Å². The van der Waals surface area contributed by atoms with Crippen LogP contribution in [0.15, 0.2) is 176 Å². The second kappa shape index (κ2) is 10.6. The van der Waals surface area contributed by atoms with Crippen molar-refractivity contribution in [3.63, 3.8) is 0 Å². The molecule has 0 bridgehead atoms. The van der Waals surface area contributed by atoms with Crippen molar-refractivity contribution in [2.75, 3.05) is 0 Å². The third-order valence-electron chi connectivity index (χ3n) is 8.20. The molecule has 0 unspecified atom stereocenters. The summed E-state index contributed by atoms with van der Waals surface area (Å²) in [5.74, 6) is 0. The molecule has 0 saturated carbocycles. The van der Waals surface area contributed by atoms with Gasteiger partial charge in [-0.1, -0.05) is 0 Å². The van der Waals surface area contributed by atoms with E-state index < -0.39 is 14.6 Å². The Hall–Kier alpha value is -4.03. The molecule has 0 N–H and O–H groups in total. The Labute approximate surface area is 234 Å². The summed E-state index contributed by atoms with van der Waals surface area (Å²) in [5, 5.41) is 8.62. The summed E-state index contributed by atoms with van der Waals surface area (Å²) in [6.07, 6.45) is -3.39. The summed E-state index contributed by atoms with van der Waals surface area (Å²) in [5.41, 5.74) is 1.28. The Balaban J connectivity index is 1.97. The molecule has 6 rings (SSSR count). The molecule has 0 aliphatic carbocycles. The van der Waals surface area contributed by atoms with Crippen molar-refractivity contribution in [2.24, 2.45) is 0 Å². The second-order valence-corrected chi connectivity index (χ2v) is 21.5. The van der Waals surface area contributed by atoms with Crippen LogP contribution in [0.25, 0.3) is 0 Å². The molecule has 0 spiro atoms. The number of rotatable bonds is 7. The van der Waals surface area contributed by atoms with Crippen LogP contribution in [0.3, 0.4) is 0 Å². The van der Waals surface area contributed by atoms with Gasteiger partial charge in [0, 0.05) is 0 Å². The quantitative estimate of drug-likeness (QED) is 0.182. The van der Waals surface area contributed by atoms with E-state index in [0.717, 1.165) is 0 Å². The molecule has 190 valence electrons. The van der Waals surface area contributed by atoms with Crippen LogP contribution in [0, 0.1) is 6.92 Å². The molecule has 0 aliphatic rings. The summed E-state index contributed by atoms with van der Waals surface area (Å²) in [7, 11) is -2.13. The minimum absolute atomic E-state index is 1.28. The molecule has 0 atom stereocenters. The molecule has 6 aromatic rings. The standard InChI is InChI=1S/C37H33PSi/c1-31-27-29-35(30-28-31)38(32-17-7-2-8-18-32,33-19-9-3-10-20-33,34-21-11-4-12-22-34)39(36-23-13-5-14-24-36)37-25-15-6-16-26-37/h2-30,39H,1H3. The molecule has 0 heterocycles. The van der Waals surface area contributed by atoms with Crippen LogP contribution in [0.5, 0.6) is 0 Å². The zero-order valence-corrected chi connectivity index (χ0v) is 24.3. The normalized spacial score (nSPS) is 12.5. The van der Waals surface area contributed by atoms with Crippen LogP contribution in [0.4, 0.5) is 0 Å². The van der Waals surface area contributed by atoms with Crippen LogP contribution >= 0.6 is 6.15 Å². The average Bonchev–Trinajstić information content (AvgIpc) is 3.03. The van der Waals surface area contributed by atoms with Crippen LogP contribution in [0.1, 0.15) is 5.56 Å². The van der Waals surface area contributed by atoms with Gasteiger partial charge in [0.25, 0.3) is 0 Å². The van der Waals surface area contributed by atoms with E-state index in [2.05, 4.69) is 183 Å². The van der Waals surface area contributed by atoms with Crippen molar-refractivity contribution in [2.45, 2.75) is 6.92 Å². The van der Waals surface area contributed by atoms with Crippen molar-refractivity contribution in [3.05, 3.63) is 181 Å². The van der Waals surface area contributed by atoms with Crippen molar-refractivity contribution < 1.29 is 0 Å². The fourth-order valence-corrected chi connectivity index (χ4v) is 25.7. The summed E-state index contributed by atoms with van der Waals surface area (Å²) < 4.78 is 0. The van der Waals surface area contributed by atoms with Gasteiger partial charge in [-0.2, -0.15) is 0 Å². The van der Waals surface area contributed by atoms with Crippen LogP contribution in [-0.2, 0) is 0 Å². The molecule has 39 heavy (non-hydrogen) atoms. The Bertz CT molecular complexity index is 1490. The second-order valence-electron chi connectivity index (χ2n) is 10.3. The van der Waals surface area contributed by atoms with Crippen molar-refractivity contribution in [1.29, 1.82) is 0 Å². The molecule has 0 aliphatic heterocycles. The Morgan fingerprint density at radius 3 is 0.949 bits per heavy atom. The van der Waals surface area contributed by atoms with E-state index in [-0.39, 0.29) is 0 Å². The predicted octanol–water partition coefficient (Wildman–Crippen LogP) is 5.69. The Morgan fingerprint density at radius 2 is 0.615 bits per heavy atom. The maximum absolute atomic E-state index is 3.39. The molecule has 0 fully saturated rings. The first-order valence-corrected chi connectivity index (χ1v) is 18.6. The first kappa shape index (κ1) is 25.3. The Kier molecular flexibility index (Phi) is 6.88. The van der Waals surface area contributed by atoms with Gasteiger partial charge in [-0.3, -0.25) is 0 Å². The Morgan fingerprint density at radius 1 is 0.333 bits per heavy atom. The number of hydrogen-bond acceptors (Lipinski definition) is 0. The van der Waals surface area contributed by atoms with Gasteiger partial charge in [0.2, 0.25) is 0 Å². The minimum atomic E-state index is -3.39. The summed E-state index contributed by atoms with van der Waals surface area (Å²) in [6.45, 7) is 2.19. The fraction of sp³-hybridized carbons (Fsp3) is 0.0270. The predicted molar refractivity (Wildman–Crippen MR) is 175 cm³/mol. The van der Waals surface area contributed by atoms with Crippen LogP contribution in [-0.4, -0.2) is 8.46 Å². The number of aryl methyl sites for hydroxylation is 1. The zero-order valence-electron chi connectivity index (χ0n) is 22.3. The van der Waals surface area contributed by atoms with Gasteiger partial charge < -0.3 is 0 Å². The first-order chi connectivity index (χ1) is 19.3. The molecule has 2 heteroatoms. The molecular formula is C37H33PSi. The first-order valence-electron chi connectivity index (χ1n) is 13.6. The molecule has 0 radical (unpaired) electrons. The molecule has 0 aromatic heterocycles. The zero-order chi connectivity index (χ0) is 26.6. The van der Waals surface area contributed by atoms with E-state index in [1.54, 1.807) is 0 Å². The molecule has 0 nitrogen and oxygen atoms in total. The molecular weight excluding hydrogens is 503 g/mol. The van der Waals surface area contributed by atoms with E-state index in [9.17, 15) is 0 Å². The summed E-state index contributed by atoms with van der Waals surface area (Å²) in [6, 6.07) is 66.5. The summed E-state index contributed by atoms with van der Waals surface area (Å²) in [4.78, 5) is 0. The fourth-order valence-electron chi connectivity index (χ4n) is 6.62. The van der Waals surface area contributed by atoms with Crippen molar-refractivity contribution in [1.82, 2.24) is 0 Å². The average molecular weight is 537 g/mol.